The van der Waals surface area contributed by atoms with Crippen molar-refractivity contribution in [3.05, 3.63) is 53.8 Å². The van der Waals surface area contributed by atoms with E-state index in [9.17, 15) is 14.3 Å². The molecule has 0 atom stereocenters. The molecule has 1 amide bonds. The van der Waals surface area contributed by atoms with Gasteiger partial charge in [-0.3, -0.25) is 4.79 Å². The molecule has 2 aromatic carbocycles. The number of nitrogens with zero attached hydrogens (tertiary/aromatic N) is 1. The van der Waals surface area contributed by atoms with Gasteiger partial charge in [-0.25, -0.2) is 4.39 Å². The number of methoxy groups -OCH3 is 1. The van der Waals surface area contributed by atoms with Gasteiger partial charge >= 0.3 is 0 Å². The Balaban J connectivity index is 1.63. The van der Waals surface area contributed by atoms with Gasteiger partial charge in [0, 0.05) is 31.9 Å². The molecule has 1 N–H and O–H groups in total. The van der Waals surface area contributed by atoms with E-state index in [0.29, 0.717) is 56.9 Å². The largest absolute Gasteiger partial charge is 0.496 e. The lowest BCUT2D eigenvalue weighted by atomic mass is 9.73. The van der Waals surface area contributed by atoms with Crippen LogP contribution in [0.25, 0.3) is 11.1 Å². The van der Waals surface area contributed by atoms with Gasteiger partial charge < -0.3 is 19.5 Å². The zero-order valence-electron chi connectivity index (χ0n) is 16.6. The highest BCUT2D eigenvalue weighted by Gasteiger charge is 2.45. The van der Waals surface area contributed by atoms with Gasteiger partial charge in [-0.1, -0.05) is 24.3 Å². The summed E-state index contributed by atoms with van der Waals surface area (Å²) >= 11 is 0. The summed E-state index contributed by atoms with van der Waals surface area (Å²) in [5.74, 6) is 0.383. The Bertz CT molecular complexity index is 888. The number of aliphatic hydroxyl groups excluding tert-OH is 1. The van der Waals surface area contributed by atoms with E-state index in [4.69, 9.17) is 9.47 Å². The summed E-state index contributed by atoms with van der Waals surface area (Å²) in [5.41, 5.74) is 2.04. The number of likely N-dealkylation sites (tertiary alicyclic amines) is 1. The number of carbonyl (C=O) groups excluding carboxylic acids is 1. The summed E-state index contributed by atoms with van der Waals surface area (Å²) in [7, 11) is 1.57. The van der Waals surface area contributed by atoms with Crippen molar-refractivity contribution in [1.29, 1.82) is 0 Å². The molecule has 0 spiro atoms. The molecule has 2 aliphatic heterocycles. The van der Waals surface area contributed by atoms with Crippen LogP contribution >= 0.6 is 0 Å². The summed E-state index contributed by atoms with van der Waals surface area (Å²) < 4.78 is 24.8. The second-order valence-electron chi connectivity index (χ2n) is 7.98. The van der Waals surface area contributed by atoms with E-state index < -0.39 is 11.5 Å². The van der Waals surface area contributed by atoms with Crippen molar-refractivity contribution in [2.24, 2.45) is 5.41 Å². The molecule has 2 aliphatic rings. The van der Waals surface area contributed by atoms with Crippen LogP contribution in [0.2, 0.25) is 0 Å². The smallest absolute Gasteiger partial charge is 0.229 e. The van der Waals surface area contributed by atoms with E-state index in [2.05, 4.69) is 0 Å². The van der Waals surface area contributed by atoms with Gasteiger partial charge in [-0.05, 0) is 48.6 Å². The Morgan fingerprint density at radius 3 is 2.69 bits per heavy atom. The third-order valence-corrected chi connectivity index (χ3v) is 6.00. The Morgan fingerprint density at radius 2 is 2.00 bits per heavy atom. The number of benzene rings is 2. The van der Waals surface area contributed by atoms with Crippen molar-refractivity contribution in [3.8, 4) is 16.9 Å². The second-order valence-corrected chi connectivity index (χ2v) is 7.98. The highest BCUT2D eigenvalue weighted by atomic mass is 19.1. The molecule has 0 saturated carbocycles. The zero-order chi connectivity index (χ0) is 20.4. The van der Waals surface area contributed by atoms with Crippen LogP contribution in [-0.2, 0) is 16.0 Å². The molecule has 0 bridgehead atoms. The number of ether oxygens (including phenoxy) is 2. The molecule has 2 aromatic rings. The van der Waals surface area contributed by atoms with E-state index in [1.165, 1.54) is 12.1 Å². The van der Waals surface area contributed by atoms with Crippen LogP contribution in [0.1, 0.15) is 18.4 Å². The fraction of sp³-hybridized carbons (Fsp3) is 0.435. The van der Waals surface area contributed by atoms with Gasteiger partial charge in [0.25, 0.3) is 0 Å². The van der Waals surface area contributed by atoms with Crippen molar-refractivity contribution in [1.82, 2.24) is 4.90 Å². The number of hydrogen-bond donors (Lipinski definition) is 1. The molecule has 0 radical (unpaired) electrons. The van der Waals surface area contributed by atoms with Crippen LogP contribution in [-0.4, -0.2) is 55.4 Å². The molecule has 29 heavy (non-hydrogen) atoms. The molecule has 2 heterocycles. The molecule has 154 valence electrons. The normalized spacial score (nSPS) is 18.9. The minimum absolute atomic E-state index is 0.0971. The van der Waals surface area contributed by atoms with E-state index in [1.54, 1.807) is 18.1 Å². The number of aliphatic hydroxyl groups is 1. The Hall–Kier alpha value is -2.44. The van der Waals surface area contributed by atoms with Crippen LogP contribution in [0.4, 0.5) is 4.39 Å². The summed E-state index contributed by atoms with van der Waals surface area (Å²) in [5, 5.41) is 9.61. The first-order valence-electron chi connectivity index (χ1n) is 9.99. The maximum atomic E-state index is 13.8. The van der Waals surface area contributed by atoms with E-state index >= 15 is 0 Å². The monoisotopic (exact) mass is 399 g/mol. The van der Waals surface area contributed by atoms with Gasteiger partial charge in [0.15, 0.2) is 0 Å². The van der Waals surface area contributed by atoms with Crippen LogP contribution in [0, 0.1) is 11.2 Å². The Morgan fingerprint density at radius 1 is 1.24 bits per heavy atom. The lowest BCUT2D eigenvalue weighted by molar-refractivity contribution is -0.158. The number of amides is 1. The second kappa shape index (κ2) is 8.13. The molecule has 2 saturated heterocycles. The molecule has 0 aromatic heterocycles. The van der Waals surface area contributed by atoms with Crippen molar-refractivity contribution in [3.63, 3.8) is 0 Å². The molecular weight excluding hydrogens is 373 g/mol. The van der Waals surface area contributed by atoms with Crippen molar-refractivity contribution in [2.75, 3.05) is 33.4 Å². The third-order valence-electron chi connectivity index (χ3n) is 6.00. The first-order chi connectivity index (χ1) is 14.0. The van der Waals surface area contributed by atoms with Gasteiger partial charge in [-0.2, -0.15) is 0 Å². The molecule has 0 aliphatic carbocycles. The highest BCUT2D eigenvalue weighted by Crippen LogP contribution is 2.39. The average molecular weight is 399 g/mol. The summed E-state index contributed by atoms with van der Waals surface area (Å²) in [6.07, 6.45) is 1.49. The fourth-order valence-corrected chi connectivity index (χ4v) is 4.33. The van der Waals surface area contributed by atoms with Crippen LogP contribution < -0.4 is 4.74 Å². The maximum absolute atomic E-state index is 13.8. The summed E-state index contributed by atoms with van der Waals surface area (Å²) in [6.45, 7) is 1.92. The van der Waals surface area contributed by atoms with Crippen molar-refractivity contribution < 1.29 is 23.8 Å². The van der Waals surface area contributed by atoms with E-state index in [0.717, 1.165) is 11.1 Å². The molecule has 6 heteroatoms. The van der Waals surface area contributed by atoms with Crippen LogP contribution in [0.3, 0.4) is 0 Å². The third kappa shape index (κ3) is 4.00. The topological polar surface area (TPSA) is 59.0 Å². The Kier molecular flexibility index (Phi) is 5.56. The minimum Gasteiger partial charge on any atom is -0.496 e. The van der Waals surface area contributed by atoms with E-state index in [-0.39, 0.29) is 11.7 Å². The van der Waals surface area contributed by atoms with Gasteiger partial charge in [-0.15, -0.1) is 0 Å². The number of hydrogen-bond acceptors (Lipinski definition) is 4. The first-order valence-corrected chi connectivity index (χ1v) is 9.99. The standard InChI is InChI=1S/C23H26FNO4/c1-28-21-6-5-18(24)12-20(21)17-4-2-3-16(11-17)13-23(7-9-29-10-8-23)22(27)25-14-19(26)15-25/h2-6,11-12,19,26H,7-10,13-15H2,1H3. The van der Waals surface area contributed by atoms with Crippen molar-refractivity contribution >= 4 is 5.91 Å². The number of halogens is 1. The molecule has 0 unspecified atom stereocenters. The predicted molar refractivity (Wildman–Crippen MR) is 107 cm³/mol. The lowest BCUT2D eigenvalue weighted by Crippen LogP contribution is -2.59. The van der Waals surface area contributed by atoms with Crippen LogP contribution in [0.5, 0.6) is 5.75 Å². The molecule has 4 rings (SSSR count). The predicted octanol–water partition coefficient (Wildman–Crippen LogP) is 3.04. The Labute approximate surface area is 170 Å². The minimum atomic E-state index is -0.525. The molecule has 5 nitrogen and oxygen atoms in total. The van der Waals surface area contributed by atoms with Crippen molar-refractivity contribution in [2.45, 2.75) is 25.4 Å². The number of carbonyl (C=O) groups is 1. The van der Waals surface area contributed by atoms with Gasteiger partial charge in [0.1, 0.15) is 11.6 Å². The van der Waals surface area contributed by atoms with Gasteiger partial charge in [0.05, 0.1) is 18.6 Å². The van der Waals surface area contributed by atoms with E-state index in [1.807, 2.05) is 24.3 Å². The SMILES string of the molecule is COc1ccc(F)cc1-c1cccc(CC2(C(=O)N3CC(O)C3)CCOCC2)c1. The summed E-state index contributed by atoms with van der Waals surface area (Å²) in [6, 6.07) is 12.3. The highest BCUT2D eigenvalue weighted by molar-refractivity contribution is 5.84. The lowest BCUT2D eigenvalue weighted by Gasteiger charge is -2.45. The van der Waals surface area contributed by atoms with Crippen LogP contribution in [0.15, 0.2) is 42.5 Å². The first kappa shape index (κ1) is 19.9. The fourth-order valence-electron chi connectivity index (χ4n) is 4.33. The zero-order valence-corrected chi connectivity index (χ0v) is 16.6. The maximum Gasteiger partial charge on any atom is 0.229 e. The summed E-state index contributed by atoms with van der Waals surface area (Å²) in [4.78, 5) is 15.0. The number of rotatable bonds is 5. The number of β-amino-alcohol motifs (C(OH)–C–C–N with tert-alkyl or cyclic N) is 1. The molecular formula is C23H26FNO4. The average Bonchev–Trinajstić information content (AvgIpc) is 2.72. The molecule has 2 fully saturated rings. The quantitative estimate of drug-likeness (QED) is 0.840. The van der Waals surface area contributed by atoms with Gasteiger partial charge in [0.2, 0.25) is 5.91 Å².